The number of para-hydroxylation sites is 1. The standard InChI is InChI=1S/C12H11F3N2O2S/c1-17(11(18)19-7-12(13,14)15)6-10-16-8-4-2-3-5-9(8)20-10/h2-5H,6-7H2,1H3. The van der Waals surface area contributed by atoms with E-state index in [1.54, 1.807) is 0 Å². The minimum atomic E-state index is -4.52. The molecule has 2 aromatic rings. The third-order valence-electron chi connectivity index (χ3n) is 2.38. The van der Waals surface area contributed by atoms with Gasteiger partial charge in [0, 0.05) is 7.05 Å². The maximum Gasteiger partial charge on any atom is 0.422 e. The number of nitrogens with zero attached hydrogens (tertiary/aromatic N) is 2. The number of aromatic nitrogens is 1. The van der Waals surface area contributed by atoms with Crippen molar-refractivity contribution in [2.75, 3.05) is 13.7 Å². The van der Waals surface area contributed by atoms with Gasteiger partial charge in [0.25, 0.3) is 0 Å². The van der Waals surface area contributed by atoms with Gasteiger partial charge in [0.05, 0.1) is 16.8 Å². The molecule has 2 rings (SSSR count). The Morgan fingerprint density at radius 1 is 1.40 bits per heavy atom. The van der Waals surface area contributed by atoms with Crippen molar-refractivity contribution in [3.8, 4) is 0 Å². The van der Waals surface area contributed by atoms with E-state index in [9.17, 15) is 18.0 Å². The number of alkyl halides is 3. The summed E-state index contributed by atoms with van der Waals surface area (Å²) < 4.78 is 40.9. The van der Waals surface area contributed by atoms with Crippen molar-refractivity contribution in [3.63, 3.8) is 0 Å². The molecule has 0 saturated heterocycles. The average Bonchev–Trinajstić information content (AvgIpc) is 2.76. The summed E-state index contributed by atoms with van der Waals surface area (Å²) in [6.45, 7) is -1.48. The van der Waals surface area contributed by atoms with Gasteiger partial charge in [-0.25, -0.2) is 9.78 Å². The molecule has 4 nitrogen and oxygen atoms in total. The van der Waals surface area contributed by atoms with Crippen LogP contribution in [-0.2, 0) is 11.3 Å². The van der Waals surface area contributed by atoms with E-state index in [-0.39, 0.29) is 6.54 Å². The smallest absolute Gasteiger partial charge is 0.422 e. The summed E-state index contributed by atoms with van der Waals surface area (Å²) in [4.78, 5) is 16.7. The number of hydrogen-bond donors (Lipinski definition) is 0. The van der Waals surface area contributed by atoms with Crippen molar-refractivity contribution in [1.29, 1.82) is 0 Å². The Morgan fingerprint density at radius 3 is 2.75 bits per heavy atom. The Morgan fingerprint density at radius 2 is 2.10 bits per heavy atom. The molecule has 0 radical (unpaired) electrons. The summed E-state index contributed by atoms with van der Waals surface area (Å²) >= 11 is 1.38. The molecule has 0 saturated carbocycles. The molecule has 8 heteroatoms. The van der Waals surface area contributed by atoms with Crippen molar-refractivity contribution < 1.29 is 22.7 Å². The van der Waals surface area contributed by atoms with Crippen LogP contribution in [0.4, 0.5) is 18.0 Å². The summed E-state index contributed by atoms with van der Waals surface area (Å²) in [6.07, 6.45) is -5.55. The second-order valence-electron chi connectivity index (χ2n) is 4.10. The number of thiazole rings is 1. The number of halogens is 3. The van der Waals surface area contributed by atoms with Crippen LogP contribution in [0, 0.1) is 0 Å². The first kappa shape index (κ1) is 14.6. The summed E-state index contributed by atoms with van der Waals surface area (Å²) in [6, 6.07) is 7.43. The molecule has 0 atom stereocenters. The lowest BCUT2D eigenvalue weighted by Gasteiger charge is -2.16. The Balaban J connectivity index is 1.96. The maximum absolute atomic E-state index is 11.9. The van der Waals surface area contributed by atoms with E-state index in [0.717, 1.165) is 15.1 Å². The van der Waals surface area contributed by atoms with Crippen molar-refractivity contribution in [2.45, 2.75) is 12.7 Å². The molecule has 0 unspecified atom stereocenters. The molecule has 0 bridgehead atoms. The van der Waals surface area contributed by atoms with Gasteiger partial charge in [-0.2, -0.15) is 13.2 Å². The first-order valence-electron chi connectivity index (χ1n) is 5.64. The highest BCUT2D eigenvalue weighted by Crippen LogP contribution is 2.22. The first-order valence-corrected chi connectivity index (χ1v) is 6.46. The summed E-state index contributed by atoms with van der Waals surface area (Å²) in [5, 5.41) is 0.637. The predicted molar refractivity (Wildman–Crippen MR) is 68.5 cm³/mol. The molecule has 1 aromatic heterocycles. The van der Waals surface area contributed by atoms with Crippen LogP contribution in [0.25, 0.3) is 10.2 Å². The van der Waals surface area contributed by atoms with Gasteiger partial charge in [-0.3, -0.25) is 0 Å². The molecule has 0 aliphatic rings. The van der Waals surface area contributed by atoms with Gasteiger partial charge in [-0.15, -0.1) is 11.3 Å². The Labute approximate surface area is 116 Å². The normalized spacial score (nSPS) is 11.6. The number of carbonyl (C=O) groups excluding carboxylic acids is 1. The average molecular weight is 304 g/mol. The second-order valence-corrected chi connectivity index (χ2v) is 5.22. The monoisotopic (exact) mass is 304 g/mol. The fourth-order valence-corrected chi connectivity index (χ4v) is 2.53. The van der Waals surface area contributed by atoms with Crippen molar-refractivity contribution in [2.24, 2.45) is 0 Å². The summed E-state index contributed by atoms with van der Waals surface area (Å²) in [5.74, 6) is 0. The Hall–Kier alpha value is -1.83. The van der Waals surface area contributed by atoms with Gasteiger partial charge in [0.1, 0.15) is 5.01 Å². The molecular weight excluding hydrogens is 293 g/mol. The fraction of sp³-hybridized carbons (Fsp3) is 0.333. The van der Waals surface area contributed by atoms with Crippen molar-refractivity contribution >= 4 is 27.6 Å². The van der Waals surface area contributed by atoms with Crippen LogP contribution in [0.1, 0.15) is 5.01 Å². The third-order valence-corrected chi connectivity index (χ3v) is 3.40. The minimum absolute atomic E-state index is 0.107. The van der Waals surface area contributed by atoms with Crippen LogP contribution in [0.5, 0.6) is 0 Å². The van der Waals surface area contributed by atoms with Crippen LogP contribution >= 0.6 is 11.3 Å². The Bertz CT molecular complexity index is 579. The number of amides is 1. The number of fused-ring (bicyclic) bond motifs is 1. The predicted octanol–water partition coefficient (Wildman–Crippen LogP) is 3.43. The highest BCUT2D eigenvalue weighted by atomic mass is 32.1. The minimum Gasteiger partial charge on any atom is -0.440 e. The van der Waals surface area contributed by atoms with Gasteiger partial charge < -0.3 is 9.64 Å². The summed E-state index contributed by atoms with van der Waals surface area (Å²) in [7, 11) is 1.37. The molecule has 0 spiro atoms. The Kier molecular flexibility index (Phi) is 4.12. The zero-order chi connectivity index (χ0) is 14.8. The zero-order valence-electron chi connectivity index (χ0n) is 10.5. The van der Waals surface area contributed by atoms with E-state index in [1.807, 2.05) is 24.3 Å². The van der Waals surface area contributed by atoms with E-state index in [2.05, 4.69) is 9.72 Å². The van der Waals surface area contributed by atoms with Gasteiger partial charge in [-0.1, -0.05) is 12.1 Å². The molecule has 0 aliphatic heterocycles. The van der Waals surface area contributed by atoms with Gasteiger partial charge >= 0.3 is 12.3 Å². The van der Waals surface area contributed by atoms with Crippen LogP contribution in [0.2, 0.25) is 0 Å². The first-order chi connectivity index (χ1) is 9.35. The zero-order valence-corrected chi connectivity index (χ0v) is 11.3. The molecule has 1 amide bonds. The van der Waals surface area contributed by atoms with Gasteiger partial charge in [0.15, 0.2) is 6.61 Å². The number of carbonyl (C=O) groups is 1. The van der Waals surface area contributed by atoms with Crippen LogP contribution in [-0.4, -0.2) is 35.8 Å². The lowest BCUT2D eigenvalue weighted by atomic mass is 10.3. The molecule has 1 heterocycles. The van der Waals surface area contributed by atoms with E-state index < -0.39 is 18.9 Å². The molecule has 0 fully saturated rings. The van der Waals surface area contributed by atoms with Gasteiger partial charge in [0.2, 0.25) is 0 Å². The van der Waals surface area contributed by atoms with Crippen molar-refractivity contribution in [1.82, 2.24) is 9.88 Å². The number of ether oxygens (including phenoxy) is 1. The molecule has 0 aliphatic carbocycles. The highest BCUT2D eigenvalue weighted by molar-refractivity contribution is 7.18. The van der Waals surface area contributed by atoms with Crippen LogP contribution in [0.3, 0.4) is 0 Å². The molecular formula is C12H11F3N2O2S. The lowest BCUT2D eigenvalue weighted by Crippen LogP contribution is -2.30. The maximum atomic E-state index is 11.9. The summed E-state index contributed by atoms with van der Waals surface area (Å²) in [5.41, 5.74) is 0.796. The van der Waals surface area contributed by atoms with Crippen LogP contribution in [0.15, 0.2) is 24.3 Å². The largest absolute Gasteiger partial charge is 0.440 e. The van der Waals surface area contributed by atoms with Gasteiger partial charge in [-0.05, 0) is 12.1 Å². The third kappa shape index (κ3) is 3.83. The molecule has 1 aromatic carbocycles. The molecule has 0 N–H and O–H groups in total. The van der Waals surface area contributed by atoms with E-state index in [0.29, 0.717) is 5.01 Å². The number of benzene rings is 1. The van der Waals surface area contributed by atoms with E-state index in [4.69, 9.17) is 0 Å². The highest BCUT2D eigenvalue weighted by Gasteiger charge is 2.30. The van der Waals surface area contributed by atoms with E-state index in [1.165, 1.54) is 18.4 Å². The fourth-order valence-electron chi connectivity index (χ4n) is 1.51. The SMILES string of the molecule is CN(Cc1nc2ccccc2s1)C(=O)OCC(F)(F)F. The molecule has 20 heavy (non-hydrogen) atoms. The topological polar surface area (TPSA) is 42.4 Å². The lowest BCUT2D eigenvalue weighted by molar-refractivity contribution is -0.162. The second kappa shape index (κ2) is 5.66. The van der Waals surface area contributed by atoms with Crippen LogP contribution < -0.4 is 0 Å². The van der Waals surface area contributed by atoms with Crippen molar-refractivity contribution in [3.05, 3.63) is 29.3 Å². The number of rotatable bonds is 3. The molecule has 108 valence electrons. The van der Waals surface area contributed by atoms with E-state index >= 15 is 0 Å². The quantitative estimate of drug-likeness (QED) is 0.872. The number of hydrogen-bond acceptors (Lipinski definition) is 4.